The van der Waals surface area contributed by atoms with Gasteiger partial charge < -0.3 is 76.8 Å². The van der Waals surface area contributed by atoms with Crippen molar-refractivity contribution >= 4 is 15.6 Å². The summed E-state index contributed by atoms with van der Waals surface area (Å²) in [5.74, 6) is 0. The van der Waals surface area contributed by atoms with E-state index >= 15 is 0 Å². The molecule has 0 aliphatic heterocycles. The summed E-state index contributed by atoms with van der Waals surface area (Å²) >= 11 is 0. The van der Waals surface area contributed by atoms with Gasteiger partial charge in [0, 0.05) is 0 Å². The first-order chi connectivity index (χ1) is 4.00. The Labute approximate surface area is 143 Å². The molecule has 0 saturated heterocycles. The van der Waals surface area contributed by atoms with Gasteiger partial charge in [-0.05, 0) is 0 Å². The van der Waals surface area contributed by atoms with Crippen LogP contribution in [0.5, 0.6) is 0 Å². The summed E-state index contributed by atoms with van der Waals surface area (Å²) < 4.78 is 17.1. The van der Waals surface area contributed by atoms with Gasteiger partial charge in [0.1, 0.15) is 0 Å². The zero-order valence-electron chi connectivity index (χ0n) is 8.56. The van der Waals surface area contributed by atoms with Crippen LogP contribution in [0.1, 0.15) is 0 Å². The van der Waals surface area contributed by atoms with Crippen LogP contribution in [0.4, 0.5) is 0 Å². The van der Waals surface area contributed by atoms with E-state index < -0.39 is 15.6 Å². The van der Waals surface area contributed by atoms with Crippen molar-refractivity contribution in [2.24, 2.45) is 0 Å². The Bertz CT molecular complexity index is 133. The van der Waals surface area contributed by atoms with E-state index in [1.165, 1.54) is 0 Å². The molecular weight excluding hydrogens is 493 g/mol. The van der Waals surface area contributed by atoms with E-state index in [1.807, 2.05) is 0 Å². The Morgan fingerprint density at radius 2 is 0.400 bits per heavy atom. The van der Waals surface area contributed by atoms with Gasteiger partial charge in [-0.1, -0.05) is 0 Å². The number of rotatable bonds is 0. The molecule has 0 bridgehead atoms. The summed E-state index contributed by atoms with van der Waals surface area (Å²) in [6.45, 7) is 0. The van der Waals surface area contributed by atoms with Crippen LogP contribution in [0.15, 0.2) is 0 Å². The van der Waals surface area contributed by atoms with Gasteiger partial charge in [0.05, 0.1) is 0 Å². The van der Waals surface area contributed by atoms with Gasteiger partial charge in [-0.25, -0.2) is 0 Å². The molecule has 14 N–H and O–H groups in total. The molecular formula is H14Cu3O15P2. The monoisotopic (exact) mass is 505 g/mol. The summed E-state index contributed by atoms with van der Waals surface area (Å²) in [7, 11) is -10.8. The molecule has 0 aromatic heterocycles. The summed E-state index contributed by atoms with van der Waals surface area (Å²) in [5, 5.41) is 0. The summed E-state index contributed by atoms with van der Waals surface area (Å²) in [4.78, 5) is 51.3. The van der Waals surface area contributed by atoms with Gasteiger partial charge in [0.25, 0.3) is 0 Å². The zero-order valence-corrected chi connectivity index (χ0v) is 13.2. The van der Waals surface area contributed by atoms with Gasteiger partial charge in [-0.15, -0.1) is 0 Å². The molecule has 0 amide bonds. The molecule has 0 saturated carbocycles. The fourth-order valence-corrected chi connectivity index (χ4v) is 0. The Balaban J connectivity index is -0.00000000427. The van der Waals surface area contributed by atoms with E-state index in [-0.39, 0.29) is 89.5 Å². The molecule has 0 atom stereocenters. The normalized spacial score (nSPS) is 5.90. The van der Waals surface area contributed by atoms with Crippen LogP contribution in [0.25, 0.3) is 0 Å². The molecule has 20 heavy (non-hydrogen) atoms. The van der Waals surface area contributed by atoms with E-state index in [2.05, 4.69) is 0 Å². The Morgan fingerprint density at radius 1 is 0.400 bits per heavy atom. The number of phosphoric acid groups is 2. The second-order valence-electron chi connectivity index (χ2n) is 0.894. The minimum absolute atomic E-state index is 0. The molecule has 0 unspecified atom stereocenters. The average Bonchev–Trinajstić information content (AvgIpc) is 1.12. The predicted octanol–water partition coefficient (Wildman–Crippen LogP) is -11.4. The van der Waals surface area contributed by atoms with E-state index in [0.29, 0.717) is 0 Å². The fourth-order valence-electron chi connectivity index (χ4n) is 0. The minimum atomic E-state index is -5.39. The molecule has 147 valence electrons. The van der Waals surface area contributed by atoms with Crippen molar-refractivity contribution < 1.29 is 128 Å². The second kappa shape index (κ2) is 42.8. The zero-order chi connectivity index (χ0) is 9.00. The van der Waals surface area contributed by atoms with Crippen LogP contribution in [-0.2, 0) is 60.3 Å². The van der Waals surface area contributed by atoms with Gasteiger partial charge in [0.15, 0.2) is 0 Å². The van der Waals surface area contributed by atoms with E-state index in [9.17, 15) is 0 Å². The van der Waals surface area contributed by atoms with Crippen molar-refractivity contribution in [3.63, 3.8) is 0 Å². The van der Waals surface area contributed by atoms with Crippen molar-refractivity contribution in [2.45, 2.75) is 0 Å². The first kappa shape index (κ1) is 100. The molecule has 0 aromatic rings. The molecule has 15 nitrogen and oxygen atoms in total. The smallest absolute Gasteiger partial charge is 0.822 e. The molecule has 0 fully saturated rings. The second-order valence-corrected chi connectivity index (χ2v) is 2.68. The summed E-state index contributed by atoms with van der Waals surface area (Å²) in [6.07, 6.45) is 0. The first-order valence-corrected chi connectivity index (χ1v) is 4.38. The maximum Gasteiger partial charge on any atom is 2.00 e. The standard InChI is InChI=1S/3Cu.2H3O4P.7H2O/c;;;2*1-5(2,3)4;;;;;;;/h;;;2*(H3,1,2,3,4);7*1H2/q3*+2;;;;;;;;;/p-6. The largest absolute Gasteiger partial charge is 2.00 e. The first-order valence-electron chi connectivity index (χ1n) is 1.46. The molecule has 20 heteroatoms. The number of hydrogen-bond donors (Lipinski definition) is 0. The molecule has 0 rings (SSSR count). The van der Waals surface area contributed by atoms with Crippen molar-refractivity contribution in [3.8, 4) is 0 Å². The molecule has 0 heterocycles. The van der Waals surface area contributed by atoms with Gasteiger partial charge >= 0.3 is 51.2 Å². The quantitative estimate of drug-likeness (QED) is 0.223. The Kier molecular flexibility index (Phi) is 214. The van der Waals surface area contributed by atoms with Crippen LogP contribution < -0.4 is 29.4 Å². The topological polar surface area (TPSA) is 393 Å². The SMILES string of the molecule is O.O.O.O.O.O.O.O=P([O-])([O-])[O-].O=P([O-])([O-])[O-].[Cu+2].[Cu+2].[Cu+2]. The van der Waals surface area contributed by atoms with Gasteiger partial charge in [-0.2, -0.15) is 15.6 Å². The predicted molar refractivity (Wildman–Crippen MR) is 40.5 cm³/mol. The van der Waals surface area contributed by atoms with Crippen molar-refractivity contribution in [1.82, 2.24) is 0 Å². The molecule has 0 aliphatic carbocycles. The third kappa shape index (κ3) is 2970. The van der Waals surface area contributed by atoms with Crippen molar-refractivity contribution in [1.29, 1.82) is 0 Å². The maximum atomic E-state index is 8.55. The third-order valence-electron chi connectivity index (χ3n) is 0. The van der Waals surface area contributed by atoms with E-state index in [1.54, 1.807) is 0 Å². The molecule has 0 spiro atoms. The van der Waals surface area contributed by atoms with E-state index in [4.69, 9.17) is 38.5 Å². The van der Waals surface area contributed by atoms with Crippen LogP contribution in [0, 0.1) is 0 Å². The maximum absolute atomic E-state index is 8.55. The van der Waals surface area contributed by atoms with Gasteiger partial charge in [-0.3, -0.25) is 0 Å². The fraction of sp³-hybridized carbons (Fsp3) is 0. The van der Waals surface area contributed by atoms with Crippen molar-refractivity contribution in [2.75, 3.05) is 0 Å². The Hall–Kier alpha value is 1.50. The molecule has 3 radical (unpaired) electrons. The van der Waals surface area contributed by atoms with Crippen LogP contribution in [0.2, 0.25) is 0 Å². The van der Waals surface area contributed by atoms with Crippen LogP contribution >= 0.6 is 15.6 Å². The van der Waals surface area contributed by atoms with Gasteiger partial charge in [0.2, 0.25) is 0 Å². The van der Waals surface area contributed by atoms with Crippen LogP contribution in [-0.4, -0.2) is 38.3 Å². The minimum Gasteiger partial charge on any atom is -0.822 e. The average molecular weight is 507 g/mol. The molecule has 0 aliphatic rings. The summed E-state index contributed by atoms with van der Waals surface area (Å²) in [6, 6.07) is 0. The Morgan fingerprint density at radius 3 is 0.400 bits per heavy atom. The summed E-state index contributed by atoms with van der Waals surface area (Å²) in [5.41, 5.74) is 0. The van der Waals surface area contributed by atoms with Crippen LogP contribution in [0.3, 0.4) is 0 Å². The van der Waals surface area contributed by atoms with E-state index in [0.717, 1.165) is 0 Å². The molecule has 0 aromatic carbocycles. The third-order valence-corrected chi connectivity index (χ3v) is 0. The van der Waals surface area contributed by atoms with Crippen molar-refractivity contribution in [3.05, 3.63) is 0 Å². The number of hydrogen-bond acceptors (Lipinski definition) is 8.